The maximum Gasteiger partial charge on any atom is 0.352 e. The number of aromatic nitrogens is 4. The van der Waals surface area contributed by atoms with Crippen molar-refractivity contribution in [3.8, 4) is 45.6 Å². The fourth-order valence-electron chi connectivity index (χ4n) is 18.0. The van der Waals surface area contributed by atoms with Crippen molar-refractivity contribution in [2.75, 3.05) is 78.8 Å². The number of halogens is 2. The zero-order valence-corrected chi connectivity index (χ0v) is 68.0. The van der Waals surface area contributed by atoms with Crippen LogP contribution < -0.4 is 55.0 Å². The maximum atomic E-state index is 14.5. The molecule has 11 heterocycles. The van der Waals surface area contributed by atoms with Crippen molar-refractivity contribution < 1.29 is 52.7 Å². The first-order valence-corrected chi connectivity index (χ1v) is 41.2. The molecule has 0 atom stereocenters. The fourth-order valence-corrected chi connectivity index (χ4v) is 18.0. The van der Waals surface area contributed by atoms with Crippen LogP contribution in [0.25, 0.3) is 33.7 Å². The van der Waals surface area contributed by atoms with Crippen LogP contribution in [0.2, 0.25) is 0 Å². The number of fused-ring (bicyclic) bond motifs is 2. The smallest absolute Gasteiger partial charge is 0.352 e. The lowest BCUT2D eigenvalue weighted by molar-refractivity contribution is -0.934. The van der Waals surface area contributed by atoms with Gasteiger partial charge in [0.2, 0.25) is 0 Å². The second kappa shape index (κ2) is 39.8. The predicted octanol–water partition coefficient (Wildman–Crippen LogP) is 15.1. The van der Waals surface area contributed by atoms with E-state index in [1.54, 1.807) is 0 Å². The normalized spacial score (nSPS) is 16.6. The molecule has 5 aromatic carbocycles. The zero-order chi connectivity index (χ0) is 72.3. The molecule has 2 spiro atoms. The summed E-state index contributed by atoms with van der Waals surface area (Å²) in [4.78, 5) is 37.9. The number of ether oxygens (including phenoxy) is 4. The van der Waals surface area contributed by atoms with Gasteiger partial charge in [-0.15, -0.1) is 0 Å². The van der Waals surface area contributed by atoms with Crippen LogP contribution in [0, 0.1) is 41.5 Å². The van der Waals surface area contributed by atoms with Gasteiger partial charge in [0.25, 0.3) is 5.56 Å². The topological polar surface area (TPSA) is 107 Å². The van der Waals surface area contributed by atoms with Crippen LogP contribution in [0.3, 0.4) is 0 Å². The van der Waals surface area contributed by atoms with Gasteiger partial charge in [0.05, 0.1) is 89.8 Å². The molecule has 2 saturated heterocycles. The molecule has 104 heavy (non-hydrogen) atoms. The lowest BCUT2D eigenvalue weighted by Gasteiger charge is -2.50. The van der Waals surface area contributed by atoms with E-state index in [2.05, 4.69) is 165 Å². The first-order valence-electron chi connectivity index (χ1n) is 41.2. The van der Waals surface area contributed by atoms with Gasteiger partial charge in [-0.1, -0.05) is 154 Å². The molecule has 0 amide bonds. The number of unbranched alkanes of at least 4 members (excludes halogenated alkanes) is 14. The van der Waals surface area contributed by atoms with E-state index in [1.165, 1.54) is 206 Å². The molecule has 16 rings (SSSR count). The highest BCUT2D eigenvalue weighted by Crippen LogP contribution is 2.51. The molecule has 0 unspecified atom stereocenters. The van der Waals surface area contributed by atoms with Crippen molar-refractivity contribution in [1.82, 2.24) is 19.1 Å². The Kier molecular flexibility index (Phi) is 32.0. The van der Waals surface area contributed by atoms with Gasteiger partial charge in [-0.3, -0.25) is 9.36 Å². The lowest BCUT2D eigenvalue weighted by atomic mass is 9.66. The van der Waals surface area contributed by atoms with Gasteiger partial charge in [0.1, 0.15) is 23.0 Å². The highest BCUT2D eigenvalue weighted by molar-refractivity contribution is 5.86. The van der Waals surface area contributed by atoms with Crippen LogP contribution in [-0.4, -0.2) is 107 Å². The van der Waals surface area contributed by atoms with Crippen LogP contribution in [0.4, 0.5) is 0 Å². The van der Waals surface area contributed by atoms with E-state index >= 15 is 0 Å². The van der Waals surface area contributed by atoms with Gasteiger partial charge in [0.15, 0.2) is 11.5 Å². The molecular formula is C90H132Cl2N6O6. The molecule has 0 N–H and O–H groups in total. The summed E-state index contributed by atoms with van der Waals surface area (Å²) in [6, 6.07) is 28.5. The Morgan fingerprint density at radius 3 is 1.24 bits per heavy atom. The number of benzene rings is 5. The largest absolute Gasteiger partial charge is 1.00 e. The van der Waals surface area contributed by atoms with E-state index in [4.69, 9.17) is 23.9 Å². The molecule has 2 fully saturated rings. The second-order valence-corrected chi connectivity index (χ2v) is 31.9. The summed E-state index contributed by atoms with van der Waals surface area (Å²) in [6.07, 6.45) is 31.8. The minimum atomic E-state index is -0.510. The Morgan fingerprint density at radius 2 is 0.798 bits per heavy atom. The first-order chi connectivity index (χ1) is 49.5. The maximum absolute atomic E-state index is 14.5. The SMILES string of the molecule is CCCCCC[N+]1(CCCCCC)CCC2(CC1)c1ccc(c(C)c1)OCCCCOc1c(C)cc(cc1C)C1(CC[N+](CCCCCC)(CCCCCC)CC1)c1cc(C)c(c(-c3ccc4c(c3)nc3c(=O)n(CCCC)c(=O)nc-3n4CCCC)c1)OCCCCOc1c(C)cc2cc1C.[Cl-].[Cl-]. The average Bonchev–Trinajstić information content (AvgIpc) is 0.744. The molecule has 14 heteroatoms. The van der Waals surface area contributed by atoms with Gasteiger partial charge >= 0.3 is 5.69 Å². The third kappa shape index (κ3) is 19.7. The van der Waals surface area contributed by atoms with Crippen LogP contribution in [0.5, 0.6) is 23.0 Å². The van der Waals surface area contributed by atoms with Gasteiger partial charge in [0, 0.05) is 55.2 Å². The monoisotopic (exact) mass is 1460 g/mol. The number of hydrogen-bond donors (Lipinski definition) is 0. The van der Waals surface area contributed by atoms with Crippen molar-refractivity contribution in [2.45, 2.75) is 287 Å². The molecule has 0 aromatic heterocycles. The Balaban J connectivity index is 0.00000684. The Bertz CT molecular complexity index is 3880. The summed E-state index contributed by atoms with van der Waals surface area (Å²) < 4.78 is 33.5. The fraction of sp³-hybridized carbons (Fsp3) is 0.622. The third-order valence-electron chi connectivity index (χ3n) is 24.3. The Hall–Kier alpha value is -5.92. The van der Waals surface area contributed by atoms with Crippen molar-refractivity contribution in [2.24, 2.45) is 0 Å². The Labute approximate surface area is 639 Å². The number of nitrogens with zero attached hydrogens (tertiary/aromatic N) is 6. The number of quaternary nitrogens is 2. The molecule has 5 aromatic rings. The summed E-state index contributed by atoms with van der Waals surface area (Å²) in [5.41, 5.74) is 15.1. The van der Waals surface area contributed by atoms with E-state index in [1.807, 2.05) is 0 Å². The summed E-state index contributed by atoms with van der Waals surface area (Å²) in [6.45, 7) is 40.1. The average molecular weight is 1460 g/mol. The standard InChI is InChI=1S/C90H132N6O6.2ClH/c1-13-19-25-29-47-95(48-30-26-20-14-2)51-41-89(42-52-95)74-38-40-81(67(7)59-74)99-55-33-34-56-100-84-70(10)62-76(63-71(84)11)90(43-53-96(54-44-90,49-31-27-21-15-3)50-32-28-22-16-4)77-64-72(12)85(102-58-36-35-57-101-83-68(8)60-75(89)61-69(83)9)78(66-77)73-37-39-80-79(65-73)91-82-86(93(80)45-23-17-5)92-88(98)94(87(82)97)46-24-18-6;;/h37-40,59-66H,13-36,41-58H2,1-12H3;2*1H/q+2;;/p-2. The van der Waals surface area contributed by atoms with Crippen LogP contribution >= 0.6 is 0 Å². The number of hydrogen-bond acceptors (Lipinski definition) is 8. The molecule has 0 saturated carbocycles. The van der Waals surface area contributed by atoms with Crippen LogP contribution in [0.15, 0.2) is 82.4 Å². The molecule has 11 aliphatic rings. The van der Waals surface area contributed by atoms with E-state index in [0.29, 0.717) is 57.3 Å². The summed E-state index contributed by atoms with van der Waals surface area (Å²) in [5, 5.41) is 0. The van der Waals surface area contributed by atoms with E-state index in [0.717, 1.165) is 129 Å². The van der Waals surface area contributed by atoms with Crippen molar-refractivity contribution in [3.63, 3.8) is 0 Å². The van der Waals surface area contributed by atoms with E-state index < -0.39 is 5.69 Å². The number of aryl methyl sites for hydroxylation is 7. The van der Waals surface area contributed by atoms with Gasteiger partial charge in [-0.05, 0) is 217 Å². The number of piperidine rings is 2. The quantitative estimate of drug-likeness (QED) is 0.0285. The van der Waals surface area contributed by atoms with E-state index in [-0.39, 0.29) is 46.9 Å². The number of rotatable bonds is 27. The van der Waals surface area contributed by atoms with E-state index in [9.17, 15) is 9.59 Å². The highest BCUT2D eigenvalue weighted by Gasteiger charge is 2.47. The first kappa shape index (κ1) is 83.7. The second-order valence-electron chi connectivity index (χ2n) is 31.9. The minimum absolute atomic E-state index is 0. The van der Waals surface area contributed by atoms with Crippen molar-refractivity contribution in [1.29, 1.82) is 0 Å². The summed E-state index contributed by atoms with van der Waals surface area (Å²) >= 11 is 0. The molecule has 0 aliphatic carbocycles. The van der Waals surface area contributed by atoms with Crippen LogP contribution in [0.1, 0.15) is 277 Å². The van der Waals surface area contributed by atoms with Crippen molar-refractivity contribution in [3.05, 3.63) is 149 Å². The molecule has 11 aliphatic heterocycles. The van der Waals surface area contributed by atoms with Crippen LogP contribution in [-0.2, 0) is 23.9 Å². The lowest BCUT2D eigenvalue weighted by Crippen LogP contribution is -3.00. The molecule has 8 bridgehead atoms. The molecular weight excluding hydrogens is 1330 g/mol. The summed E-state index contributed by atoms with van der Waals surface area (Å²) in [5.74, 6) is 4.20. The number of likely N-dealkylation sites (tertiary alicyclic amines) is 2. The minimum Gasteiger partial charge on any atom is -1.00 e. The summed E-state index contributed by atoms with van der Waals surface area (Å²) in [7, 11) is 0. The van der Waals surface area contributed by atoms with Gasteiger partial charge < -0.3 is 57.3 Å². The molecule has 0 radical (unpaired) electrons. The zero-order valence-electron chi connectivity index (χ0n) is 66.5. The molecule has 12 nitrogen and oxygen atoms in total. The van der Waals surface area contributed by atoms with Gasteiger partial charge in [-0.2, -0.15) is 4.98 Å². The Morgan fingerprint density at radius 1 is 0.404 bits per heavy atom. The van der Waals surface area contributed by atoms with Crippen molar-refractivity contribution >= 4 is 11.0 Å². The third-order valence-corrected chi connectivity index (χ3v) is 24.3. The molecule has 572 valence electrons. The highest BCUT2D eigenvalue weighted by atomic mass is 35.5. The predicted molar refractivity (Wildman–Crippen MR) is 424 cm³/mol. The van der Waals surface area contributed by atoms with Gasteiger partial charge in [-0.25, -0.2) is 9.78 Å².